The molecule has 0 aromatic carbocycles. The zero-order valence-corrected chi connectivity index (χ0v) is 8.17. The first kappa shape index (κ1) is 8.48. The van der Waals surface area contributed by atoms with E-state index in [1.165, 1.54) is 18.4 Å². The number of rotatable bonds is 2. The minimum atomic E-state index is 0.416. The zero-order valence-electron chi connectivity index (χ0n) is 8.17. The van der Waals surface area contributed by atoms with Crippen molar-refractivity contribution in [3.05, 3.63) is 17.0 Å². The van der Waals surface area contributed by atoms with E-state index in [0.717, 1.165) is 23.7 Å². The van der Waals surface area contributed by atoms with Gasteiger partial charge in [-0.05, 0) is 37.7 Å². The number of nitrogen functional groups attached to an aromatic ring is 1. The molecule has 70 valence electrons. The molecule has 1 aliphatic rings. The SMILES string of the molecule is CCc1nc(N)nc(C)c1C1CC1. The van der Waals surface area contributed by atoms with Crippen LogP contribution in [0.1, 0.15) is 42.6 Å². The minimum Gasteiger partial charge on any atom is -0.368 e. The van der Waals surface area contributed by atoms with Gasteiger partial charge in [-0.15, -0.1) is 0 Å². The Labute approximate surface area is 78.4 Å². The smallest absolute Gasteiger partial charge is 0.220 e. The van der Waals surface area contributed by atoms with Crippen LogP contribution in [0.5, 0.6) is 0 Å². The van der Waals surface area contributed by atoms with Crippen molar-refractivity contribution in [2.45, 2.75) is 39.0 Å². The summed E-state index contributed by atoms with van der Waals surface area (Å²) in [5, 5.41) is 0. The van der Waals surface area contributed by atoms with E-state index in [9.17, 15) is 0 Å². The van der Waals surface area contributed by atoms with E-state index >= 15 is 0 Å². The molecule has 0 radical (unpaired) electrons. The minimum absolute atomic E-state index is 0.416. The molecule has 0 spiro atoms. The fraction of sp³-hybridized carbons (Fsp3) is 0.600. The van der Waals surface area contributed by atoms with Crippen molar-refractivity contribution in [3.63, 3.8) is 0 Å². The van der Waals surface area contributed by atoms with Gasteiger partial charge in [0.2, 0.25) is 5.95 Å². The maximum absolute atomic E-state index is 5.60. The molecule has 0 atom stereocenters. The monoisotopic (exact) mass is 177 g/mol. The van der Waals surface area contributed by atoms with Crippen LogP contribution in [0.25, 0.3) is 0 Å². The summed E-state index contributed by atoms with van der Waals surface area (Å²) in [5.41, 5.74) is 9.18. The molecule has 1 aliphatic carbocycles. The molecule has 0 saturated heterocycles. The molecule has 2 rings (SSSR count). The van der Waals surface area contributed by atoms with Gasteiger partial charge in [-0.3, -0.25) is 0 Å². The Morgan fingerprint density at radius 3 is 2.62 bits per heavy atom. The molecular formula is C10H15N3. The van der Waals surface area contributed by atoms with Crippen molar-refractivity contribution < 1.29 is 0 Å². The second kappa shape index (κ2) is 2.98. The highest BCUT2D eigenvalue weighted by molar-refractivity contribution is 5.36. The molecule has 13 heavy (non-hydrogen) atoms. The number of nitrogens with zero attached hydrogens (tertiary/aromatic N) is 2. The number of hydrogen-bond donors (Lipinski definition) is 1. The summed E-state index contributed by atoms with van der Waals surface area (Å²) in [6, 6.07) is 0. The molecule has 1 saturated carbocycles. The highest BCUT2D eigenvalue weighted by atomic mass is 15.0. The fourth-order valence-electron chi connectivity index (χ4n) is 1.84. The lowest BCUT2D eigenvalue weighted by Gasteiger charge is -2.09. The topological polar surface area (TPSA) is 51.8 Å². The van der Waals surface area contributed by atoms with Crippen molar-refractivity contribution in [3.8, 4) is 0 Å². The van der Waals surface area contributed by atoms with E-state index in [1.54, 1.807) is 0 Å². The number of hydrogen-bond acceptors (Lipinski definition) is 3. The Kier molecular flexibility index (Phi) is 1.94. The van der Waals surface area contributed by atoms with Crippen LogP contribution in [0, 0.1) is 6.92 Å². The van der Waals surface area contributed by atoms with Gasteiger partial charge in [0.05, 0.1) is 0 Å². The predicted molar refractivity (Wildman–Crippen MR) is 52.5 cm³/mol. The van der Waals surface area contributed by atoms with Gasteiger partial charge in [0.15, 0.2) is 0 Å². The van der Waals surface area contributed by atoms with Gasteiger partial charge < -0.3 is 5.73 Å². The Morgan fingerprint density at radius 1 is 1.38 bits per heavy atom. The van der Waals surface area contributed by atoms with Gasteiger partial charge >= 0.3 is 0 Å². The van der Waals surface area contributed by atoms with E-state index in [0.29, 0.717) is 5.95 Å². The Balaban J connectivity index is 2.50. The number of anilines is 1. The average Bonchev–Trinajstić information content (AvgIpc) is 2.86. The van der Waals surface area contributed by atoms with Gasteiger partial charge in [-0.1, -0.05) is 6.92 Å². The molecule has 0 amide bonds. The maximum Gasteiger partial charge on any atom is 0.220 e. The standard InChI is InChI=1S/C10H15N3/c1-3-8-9(7-4-5-7)6(2)12-10(11)13-8/h7H,3-5H2,1-2H3,(H2,11,12,13). The summed E-state index contributed by atoms with van der Waals surface area (Å²) in [4.78, 5) is 8.49. The third kappa shape index (κ3) is 1.50. The van der Waals surface area contributed by atoms with E-state index in [4.69, 9.17) is 5.73 Å². The molecule has 1 aromatic heterocycles. The van der Waals surface area contributed by atoms with Crippen molar-refractivity contribution in [2.75, 3.05) is 5.73 Å². The Morgan fingerprint density at radius 2 is 2.08 bits per heavy atom. The predicted octanol–water partition coefficient (Wildman–Crippen LogP) is 1.81. The number of aromatic nitrogens is 2. The Hall–Kier alpha value is -1.12. The van der Waals surface area contributed by atoms with E-state index < -0.39 is 0 Å². The maximum atomic E-state index is 5.60. The lowest BCUT2D eigenvalue weighted by Crippen LogP contribution is -2.05. The summed E-state index contributed by atoms with van der Waals surface area (Å²) in [7, 11) is 0. The lowest BCUT2D eigenvalue weighted by molar-refractivity contribution is 0.906. The lowest BCUT2D eigenvalue weighted by atomic mass is 10.1. The van der Waals surface area contributed by atoms with Crippen LogP contribution < -0.4 is 5.73 Å². The third-order valence-corrected chi connectivity index (χ3v) is 2.55. The van der Waals surface area contributed by atoms with Gasteiger partial charge in [0.25, 0.3) is 0 Å². The summed E-state index contributed by atoms with van der Waals surface area (Å²) >= 11 is 0. The quantitative estimate of drug-likeness (QED) is 0.749. The highest BCUT2D eigenvalue weighted by Gasteiger charge is 2.28. The summed E-state index contributed by atoms with van der Waals surface area (Å²) in [6.45, 7) is 4.15. The molecule has 2 N–H and O–H groups in total. The second-order valence-electron chi connectivity index (χ2n) is 3.66. The van der Waals surface area contributed by atoms with Gasteiger partial charge in [-0.2, -0.15) is 0 Å². The number of nitrogens with two attached hydrogens (primary N) is 1. The van der Waals surface area contributed by atoms with Crippen molar-refractivity contribution in [2.24, 2.45) is 0 Å². The van der Waals surface area contributed by atoms with E-state index in [-0.39, 0.29) is 0 Å². The van der Waals surface area contributed by atoms with Crippen LogP contribution in [-0.2, 0) is 6.42 Å². The normalized spacial score (nSPS) is 16.2. The van der Waals surface area contributed by atoms with Crippen LogP contribution in [0.3, 0.4) is 0 Å². The van der Waals surface area contributed by atoms with E-state index in [1.807, 2.05) is 6.92 Å². The molecule has 3 nitrogen and oxygen atoms in total. The van der Waals surface area contributed by atoms with Crippen molar-refractivity contribution >= 4 is 5.95 Å². The third-order valence-electron chi connectivity index (χ3n) is 2.55. The molecule has 0 bridgehead atoms. The summed E-state index contributed by atoms with van der Waals surface area (Å²) in [6.07, 6.45) is 3.54. The van der Waals surface area contributed by atoms with Crippen LogP contribution >= 0.6 is 0 Å². The van der Waals surface area contributed by atoms with Crippen LogP contribution in [0.15, 0.2) is 0 Å². The average molecular weight is 177 g/mol. The van der Waals surface area contributed by atoms with Crippen molar-refractivity contribution in [1.29, 1.82) is 0 Å². The zero-order chi connectivity index (χ0) is 9.42. The largest absolute Gasteiger partial charge is 0.368 e. The van der Waals surface area contributed by atoms with Gasteiger partial charge in [0, 0.05) is 11.4 Å². The van der Waals surface area contributed by atoms with Crippen molar-refractivity contribution in [1.82, 2.24) is 9.97 Å². The van der Waals surface area contributed by atoms with E-state index in [2.05, 4.69) is 16.9 Å². The van der Waals surface area contributed by atoms with Gasteiger partial charge in [-0.25, -0.2) is 9.97 Å². The summed E-state index contributed by atoms with van der Waals surface area (Å²) < 4.78 is 0. The molecular weight excluding hydrogens is 162 g/mol. The van der Waals surface area contributed by atoms with Crippen LogP contribution in [0.4, 0.5) is 5.95 Å². The Bertz CT molecular complexity index is 329. The number of aryl methyl sites for hydroxylation is 2. The summed E-state index contributed by atoms with van der Waals surface area (Å²) in [5.74, 6) is 1.13. The van der Waals surface area contributed by atoms with Crippen LogP contribution in [0.2, 0.25) is 0 Å². The molecule has 1 heterocycles. The first-order valence-corrected chi connectivity index (χ1v) is 4.85. The molecule has 3 heteroatoms. The first-order valence-electron chi connectivity index (χ1n) is 4.85. The molecule has 1 aromatic rings. The first-order chi connectivity index (χ1) is 6.22. The fourth-order valence-corrected chi connectivity index (χ4v) is 1.84. The second-order valence-corrected chi connectivity index (χ2v) is 3.66. The van der Waals surface area contributed by atoms with Gasteiger partial charge in [0.1, 0.15) is 0 Å². The van der Waals surface area contributed by atoms with Crippen LogP contribution in [-0.4, -0.2) is 9.97 Å². The highest BCUT2D eigenvalue weighted by Crippen LogP contribution is 2.42. The molecule has 1 fully saturated rings. The molecule has 0 aliphatic heterocycles. The molecule has 0 unspecified atom stereocenters.